The number of hydrogen-bond donors (Lipinski definition) is 2. The van der Waals surface area contributed by atoms with Gasteiger partial charge in [-0.1, -0.05) is 47.5 Å². The summed E-state index contributed by atoms with van der Waals surface area (Å²) in [6.07, 6.45) is 2.83. The van der Waals surface area contributed by atoms with E-state index in [0.29, 0.717) is 29.5 Å². The summed E-state index contributed by atoms with van der Waals surface area (Å²) in [4.78, 5) is 22.5. The van der Waals surface area contributed by atoms with Crippen molar-refractivity contribution in [1.82, 2.24) is 19.6 Å². The molecule has 2 N–H and O–H groups in total. The van der Waals surface area contributed by atoms with Gasteiger partial charge in [0.15, 0.2) is 0 Å². The molecule has 1 amide bonds. The Morgan fingerprint density at radius 3 is 2.65 bits per heavy atom. The molecule has 1 aliphatic rings. The van der Waals surface area contributed by atoms with Gasteiger partial charge in [-0.25, -0.2) is 13.4 Å². The van der Waals surface area contributed by atoms with Crippen LogP contribution in [0.15, 0.2) is 77.1 Å². The molecule has 2 atom stereocenters. The SMILES string of the molecule is Cc1ccc(-c2cc(CNC(=O)[C@@H]3CCCN3S(=O)(=O)c3ccc(Cl)s3)cc(NC(C)c3ccccn3)n2)cc1. The van der Waals surface area contributed by atoms with E-state index >= 15 is 0 Å². The van der Waals surface area contributed by atoms with E-state index in [1.165, 1.54) is 10.4 Å². The molecule has 0 spiro atoms. The van der Waals surface area contributed by atoms with Gasteiger partial charge in [-0.05, 0) is 68.7 Å². The van der Waals surface area contributed by atoms with Crippen molar-refractivity contribution in [1.29, 1.82) is 0 Å². The van der Waals surface area contributed by atoms with Crippen LogP contribution in [0.1, 0.15) is 42.6 Å². The number of halogens is 1. The summed E-state index contributed by atoms with van der Waals surface area (Å²) < 4.78 is 28.2. The largest absolute Gasteiger partial charge is 0.362 e. The zero-order valence-corrected chi connectivity index (χ0v) is 24.6. The molecule has 1 fully saturated rings. The normalized spacial score (nSPS) is 16.5. The van der Waals surface area contributed by atoms with Crippen LogP contribution in [0.5, 0.6) is 0 Å². The number of sulfonamides is 1. The number of aryl methyl sites for hydroxylation is 1. The quantitative estimate of drug-likeness (QED) is 0.253. The van der Waals surface area contributed by atoms with Crippen molar-refractivity contribution in [3.8, 4) is 11.3 Å². The molecule has 4 aromatic rings. The van der Waals surface area contributed by atoms with Crippen LogP contribution in [0.2, 0.25) is 4.34 Å². The molecule has 1 saturated heterocycles. The Kier molecular flexibility index (Phi) is 8.51. The number of hydrogen-bond acceptors (Lipinski definition) is 7. The van der Waals surface area contributed by atoms with E-state index in [-0.39, 0.29) is 22.7 Å². The minimum Gasteiger partial charge on any atom is -0.362 e. The van der Waals surface area contributed by atoms with Crippen LogP contribution < -0.4 is 10.6 Å². The number of nitrogens with one attached hydrogen (secondary N) is 2. The Morgan fingerprint density at radius 2 is 1.95 bits per heavy atom. The van der Waals surface area contributed by atoms with E-state index in [1.54, 1.807) is 12.3 Å². The maximum atomic E-state index is 13.3. The molecule has 208 valence electrons. The topological polar surface area (TPSA) is 104 Å². The van der Waals surface area contributed by atoms with Crippen molar-refractivity contribution in [2.24, 2.45) is 0 Å². The molecule has 0 bridgehead atoms. The van der Waals surface area contributed by atoms with E-state index in [4.69, 9.17) is 16.6 Å². The number of amides is 1. The molecule has 0 aliphatic carbocycles. The molecular formula is C29H30ClN5O3S2. The van der Waals surface area contributed by atoms with Gasteiger partial charge in [0.25, 0.3) is 10.0 Å². The first kappa shape index (κ1) is 28.2. The first-order valence-electron chi connectivity index (χ1n) is 13.0. The summed E-state index contributed by atoms with van der Waals surface area (Å²) in [5, 5.41) is 6.39. The number of rotatable bonds is 9. The Morgan fingerprint density at radius 1 is 1.15 bits per heavy atom. The van der Waals surface area contributed by atoms with E-state index in [1.807, 2.05) is 68.4 Å². The number of pyridine rings is 2. The minimum absolute atomic E-state index is 0.0904. The Bertz CT molecular complexity index is 1590. The predicted molar refractivity (Wildman–Crippen MR) is 159 cm³/mol. The second-order valence-electron chi connectivity index (χ2n) is 9.78. The van der Waals surface area contributed by atoms with Crippen molar-refractivity contribution >= 4 is 44.7 Å². The average molecular weight is 596 g/mol. The zero-order valence-electron chi connectivity index (χ0n) is 22.2. The standard InChI is InChI=1S/C29H30ClN5O3S2/c1-19-8-10-22(11-9-19)24-16-21(17-27(34-24)33-20(2)23-6-3-4-14-31-23)18-32-29(36)25-7-5-15-35(25)40(37,38)28-13-12-26(30)39-28/h3-4,6,8-14,16-17,20,25H,5,7,15,18H2,1-2H3,(H,32,36)(H,33,34)/t20?,25-/m0/s1. The molecule has 1 aliphatic heterocycles. The fraction of sp³-hybridized carbons (Fsp3) is 0.276. The van der Waals surface area contributed by atoms with Gasteiger partial charge in [-0.15, -0.1) is 11.3 Å². The van der Waals surface area contributed by atoms with Crippen LogP contribution >= 0.6 is 22.9 Å². The smallest absolute Gasteiger partial charge is 0.253 e. The molecule has 8 nitrogen and oxygen atoms in total. The summed E-state index contributed by atoms with van der Waals surface area (Å²) in [7, 11) is -3.81. The molecule has 0 saturated carbocycles. The van der Waals surface area contributed by atoms with Gasteiger partial charge in [-0.2, -0.15) is 4.31 Å². The highest BCUT2D eigenvalue weighted by molar-refractivity contribution is 7.91. The van der Waals surface area contributed by atoms with Crippen molar-refractivity contribution < 1.29 is 13.2 Å². The summed E-state index contributed by atoms with van der Waals surface area (Å²) >= 11 is 6.97. The second kappa shape index (κ2) is 12.1. The number of aromatic nitrogens is 2. The molecule has 3 aromatic heterocycles. The maximum absolute atomic E-state index is 13.3. The lowest BCUT2D eigenvalue weighted by Crippen LogP contribution is -2.45. The van der Waals surface area contributed by atoms with Crippen LogP contribution in [0.25, 0.3) is 11.3 Å². The molecule has 1 unspecified atom stereocenters. The predicted octanol–water partition coefficient (Wildman–Crippen LogP) is 5.81. The number of anilines is 1. The number of nitrogens with zero attached hydrogens (tertiary/aromatic N) is 3. The van der Waals surface area contributed by atoms with Crippen molar-refractivity contribution in [2.75, 3.05) is 11.9 Å². The van der Waals surface area contributed by atoms with Gasteiger partial charge < -0.3 is 10.6 Å². The highest BCUT2D eigenvalue weighted by atomic mass is 35.5. The fourth-order valence-corrected chi connectivity index (χ4v) is 7.98. The average Bonchev–Trinajstić information content (AvgIpc) is 3.63. The van der Waals surface area contributed by atoms with E-state index in [0.717, 1.165) is 39.4 Å². The van der Waals surface area contributed by atoms with Crippen molar-refractivity contribution in [3.05, 3.63) is 94.1 Å². The highest BCUT2D eigenvalue weighted by Crippen LogP contribution is 2.32. The number of carbonyl (C=O) groups excluding carboxylic acids is 1. The van der Waals surface area contributed by atoms with Gasteiger partial charge in [0.2, 0.25) is 5.91 Å². The van der Waals surface area contributed by atoms with Crippen LogP contribution in [0.3, 0.4) is 0 Å². The van der Waals surface area contributed by atoms with Gasteiger partial charge in [0.1, 0.15) is 16.1 Å². The summed E-state index contributed by atoms with van der Waals surface area (Å²) in [5.41, 5.74) is 4.59. The number of carbonyl (C=O) groups is 1. The maximum Gasteiger partial charge on any atom is 0.253 e. The fourth-order valence-electron chi connectivity index (χ4n) is 4.71. The molecule has 1 aromatic carbocycles. The third-order valence-corrected chi connectivity index (χ3v) is 10.4. The van der Waals surface area contributed by atoms with Gasteiger partial charge in [-0.3, -0.25) is 9.78 Å². The van der Waals surface area contributed by atoms with Crippen LogP contribution in [0.4, 0.5) is 5.82 Å². The lowest BCUT2D eigenvalue weighted by Gasteiger charge is -2.23. The van der Waals surface area contributed by atoms with E-state index in [2.05, 4.69) is 15.6 Å². The highest BCUT2D eigenvalue weighted by Gasteiger charge is 2.40. The summed E-state index contributed by atoms with van der Waals surface area (Å²) in [5.74, 6) is 0.328. The molecule has 40 heavy (non-hydrogen) atoms. The third kappa shape index (κ3) is 6.36. The Hall–Kier alpha value is -3.31. The second-order valence-corrected chi connectivity index (χ2v) is 13.6. The number of benzene rings is 1. The Balaban J connectivity index is 1.36. The monoisotopic (exact) mass is 595 g/mol. The lowest BCUT2D eigenvalue weighted by molar-refractivity contribution is -0.124. The molecule has 0 radical (unpaired) electrons. The van der Waals surface area contributed by atoms with Crippen molar-refractivity contribution in [3.63, 3.8) is 0 Å². The van der Waals surface area contributed by atoms with Crippen LogP contribution in [-0.4, -0.2) is 41.2 Å². The first-order valence-corrected chi connectivity index (χ1v) is 15.6. The first-order chi connectivity index (χ1) is 19.2. The van der Waals surface area contributed by atoms with Crippen LogP contribution in [0, 0.1) is 6.92 Å². The minimum atomic E-state index is -3.81. The lowest BCUT2D eigenvalue weighted by atomic mass is 10.1. The van der Waals surface area contributed by atoms with Crippen LogP contribution in [-0.2, 0) is 21.4 Å². The molecule has 11 heteroatoms. The van der Waals surface area contributed by atoms with E-state index in [9.17, 15) is 13.2 Å². The van der Waals surface area contributed by atoms with Gasteiger partial charge >= 0.3 is 0 Å². The zero-order chi connectivity index (χ0) is 28.3. The van der Waals surface area contributed by atoms with Crippen molar-refractivity contribution in [2.45, 2.75) is 49.5 Å². The summed E-state index contributed by atoms with van der Waals surface area (Å²) in [6.45, 7) is 4.56. The van der Waals surface area contributed by atoms with Gasteiger partial charge in [0, 0.05) is 24.8 Å². The third-order valence-electron chi connectivity index (χ3n) is 6.81. The summed E-state index contributed by atoms with van der Waals surface area (Å²) in [6, 6.07) is 19.9. The molecule has 4 heterocycles. The van der Waals surface area contributed by atoms with E-state index < -0.39 is 16.1 Å². The van der Waals surface area contributed by atoms with Gasteiger partial charge in [0.05, 0.1) is 21.8 Å². The molecular weight excluding hydrogens is 566 g/mol. The number of thiophene rings is 1. The Labute approximate surface area is 243 Å². The molecule has 5 rings (SSSR count).